The highest BCUT2D eigenvalue weighted by Crippen LogP contribution is 2.28. The zero-order valence-electron chi connectivity index (χ0n) is 19.0. The molecular formula is C27H19ClFN5O2. The van der Waals surface area contributed by atoms with Gasteiger partial charge in [0.15, 0.2) is 0 Å². The first-order valence-corrected chi connectivity index (χ1v) is 11.3. The van der Waals surface area contributed by atoms with Gasteiger partial charge >= 0.3 is 0 Å². The average Bonchev–Trinajstić information content (AvgIpc) is 3.28. The van der Waals surface area contributed by atoms with Crippen LogP contribution in [-0.4, -0.2) is 33.2 Å². The third-order valence-electron chi connectivity index (χ3n) is 5.61. The van der Waals surface area contributed by atoms with Crippen molar-refractivity contribution in [3.05, 3.63) is 113 Å². The number of hydrogen-bond donors (Lipinski definition) is 1. The summed E-state index contributed by atoms with van der Waals surface area (Å²) in [4.78, 5) is 36.8. The molecule has 0 saturated heterocycles. The molecule has 36 heavy (non-hydrogen) atoms. The molecule has 0 atom stereocenters. The third kappa shape index (κ3) is 4.54. The maximum atomic E-state index is 13.8. The number of amides is 2. The molecule has 1 N–H and O–H groups in total. The molecule has 0 saturated carbocycles. The van der Waals surface area contributed by atoms with Crippen LogP contribution in [0.3, 0.4) is 0 Å². The Balaban J connectivity index is 1.60. The lowest BCUT2D eigenvalue weighted by Crippen LogP contribution is -2.28. The molecule has 0 aliphatic carbocycles. The molecule has 0 aliphatic heterocycles. The number of benzene rings is 3. The molecule has 7 nitrogen and oxygen atoms in total. The van der Waals surface area contributed by atoms with E-state index in [1.54, 1.807) is 73.9 Å². The minimum atomic E-state index is -0.405. The molecule has 3 aromatic carbocycles. The van der Waals surface area contributed by atoms with E-state index in [0.29, 0.717) is 33.2 Å². The lowest BCUT2D eigenvalue weighted by Gasteiger charge is -2.18. The van der Waals surface area contributed by atoms with Crippen LogP contribution in [0.5, 0.6) is 0 Å². The molecule has 5 aromatic rings. The summed E-state index contributed by atoms with van der Waals surface area (Å²) in [5.41, 5.74) is 2.56. The van der Waals surface area contributed by atoms with Gasteiger partial charge in [-0.2, -0.15) is 0 Å². The molecule has 9 heteroatoms. The van der Waals surface area contributed by atoms with Crippen LogP contribution in [0, 0.1) is 5.82 Å². The second kappa shape index (κ2) is 9.59. The lowest BCUT2D eigenvalue weighted by atomic mass is 10.1. The van der Waals surface area contributed by atoms with E-state index < -0.39 is 5.82 Å². The van der Waals surface area contributed by atoms with Crippen LogP contribution in [0.15, 0.2) is 91.3 Å². The van der Waals surface area contributed by atoms with Crippen molar-refractivity contribution in [1.29, 1.82) is 0 Å². The van der Waals surface area contributed by atoms with Crippen molar-refractivity contribution < 1.29 is 14.0 Å². The van der Waals surface area contributed by atoms with E-state index in [4.69, 9.17) is 11.6 Å². The number of halogens is 2. The normalized spacial score (nSPS) is 10.9. The van der Waals surface area contributed by atoms with Crippen LogP contribution >= 0.6 is 11.6 Å². The highest BCUT2D eigenvalue weighted by molar-refractivity contribution is 6.30. The van der Waals surface area contributed by atoms with E-state index in [1.165, 1.54) is 27.6 Å². The molecule has 0 fully saturated rings. The number of imidazole rings is 1. The first kappa shape index (κ1) is 23.2. The Kier molecular flexibility index (Phi) is 6.18. The Morgan fingerprint density at radius 2 is 1.67 bits per heavy atom. The van der Waals surface area contributed by atoms with Gasteiger partial charge in [0.25, 0.3) is 11.8 Å². The number of rotatable bonds is 5. The molecule has 0 bridgehead atoms. The predicted octanol–water partition coefficient (Wildman–Crippen LogP) is 5.72. The van der Waals surface area contributed by atoms with Crippen molar-refractivity contribution in [3.8, 4) is 11.3 Å². The number of nitrogens with one attached hydrogen (secondary N) is 1. The number of carbonyl (C=O) groups is 2. The molecule has 0 aliphatic rings. The van der Waals surface area contributed by atoms with Crippen molar-refractivity contribution in [2.75, 3.05) is 17.3 Å². The zero-order chi connectivity index (χ0) is 25.2. The van der Waals surface area contributed by atoms with Crippen LogP contribution < -0.4 is 10.2 Å². The van der Waals surface area contributed by atoms with E-state index in [0.717, 1.165) is 0 Å². The quantitative estimate of drug-likeness (QED) is 0.335. The topological polar surface area (TPSA) is 79.6 Å². The third-order valence-corrected chi connectivity index (χ3v) is 5.86. The molecule has 2 amide bonds. The molecule has 0 unspecified atom stereocenters. The highest BCUT2D eigenvalue weighted by Gasteiger charge is 2.25. The van der Waals surface area contributed by atoms with Gasteiger partial charge in [-0.3, -0.25) is 14.0 Å². The van der Waals surface area contributed by atoms with Crippen LogP contribution in [-0.2, 0) is 0 Å². The Bertz CT molecular complexity index is 1570. The van der Waals surface area contributed by atoms with Gasteiger partial charge in [0, 0.05) is 35.1 Å². The van der Waals surface area contributed by atoms with E-state index >= 15 is 0 Å². The number of nitrogens with zero attached hydrogens (tertiary/aromatic N) is 4. The van der Waals surface area contributed by atoms with Crippen molar-refractivity contribution in [1.82, 2.24) is 14.4 Å². The number of carbonyl (C=O) groups excluding carboxylic acids is 2. The predicted molar refractivity (Wildman–Crippen MR) is 137 cm³/mol. The van der Waals surface area contributed by atoms with Crippen molar-refractivity contribution in [3.63, 3.8) is 0 Å². The van der Waals surface area contributed by atoms with Crippen LogP contribution in [0.25, 0.3) is 17.0 Å². The van der Waals surface area contributed by atoms with Crippen molar-refractivity contribution in [2.24, 2.45) is 0 Å². The van der Waals surface area contributed by atoms with Gasteiger partial charge in [-0.1, -0.05) is 29.8 Å². The lowest BCUT2D eigenvalue weighted by molar-refractivity contribution is 0.0987. The fourth-order valence-corrected chi connectivity index (χ4v) is 3.87. The number of hydrogen-bond acceptors (Lipinski definition) is 4. The summed E-state index contributed by atoms with van der Waals surface area (Å²) in [6, 6.07) is 21.3. The summed E-state index contributed by atoms with van der Waals surface area (Å²) < 4.78 is 15.1. The Morgan fingerprint density at radius 1 is 0.972 bits per heavy atom. The van der Waals surface area contributed by atoms with Crippen LogP contribution in [0.4, 0.5) is 15.8 Å². The maximum Gasteiger partial charge on any atom is 0.277 e. The minimum Gasteiger partial charge on any atom is -0.319 e. The van der Waals surface area contributed by atoms with Gasteiger partial charge in [-0.25, -0.2) is 14.4 Å². The molecule has 5 rings (SSSR count). The van der Waals surface area contributed by atoms with Gasteiger partial charge in [-0.05, 0) is 60.7 Å². The summed E-state index contributed by atoms with van der Waals surface area (Å²) in [6.45, 7) is 0. The second-order valence-electron chi connectivity index (χ2n) is 7.99. The Labute approximate surface area is 210 Å². The zero-order valence-corrected chi connectivity index (χ0v) is 19.8. The van der Waals surface area contributed by atoms with Crippen LogP contribution in [0.1, 0.15) is 20.8 Å². The largest absolute Gasteiger partial charge is 0.319 e. The van der Waals surface area contributed by atoms with Gasteiger partial charge in [0.05, 0.1) is 11.9 Å². The number of anilines is 2. The average molecular weight is 500 g/mol. The Hall–Kier alpha value is -4.56. The molecule has 178 valence electrons. The molecular weight excluding hydrogens is 481 g/mol. The van der Waals surface area contributed by atoms with Gasteiger partial charge in [0.1, 0.15) is 17.2 Å². The smallest absolute Gasteiger partial charge is 0.277 e. The summed E-state index contributed by atoms with van der Waals surface area (Å²) in [7, 11) is 1.63. The van der Waals surface area contributed by atoms with E-state index in [9.17, 15) is 14.0 Å². The van der Waals surface area contributed by atoms with Crippen LogP contribution in [0.2, 0.25) is 5.02 Å². The summed E-state index contributed by atoms with van der Waals surface area (Å²) in [6.07, 6.45) is 3.06. The molecule has 2 aromatic heterocycles. The fraction of sp³-hybridized carbons (Fsp3) is 0.0370. The van der Waals surface area contributed by atoms with Gasteiger partial charge in [-0.15, -0.1) is 0 Å². The minimum absolute atomic E-state index is 0.206. The summed E-state index contributed by atoms with van der Waals surface area (Å²) in [5, 5.41) is 3.35. The highest BCUT2D eigenvalue weighted by atomic mass is 35.5. The summed E-state index contributed by atoms with van der Waals surface area (Å²) >= 11 is 6.00. The second-order valence-corrected chi connectivity index (χ2v) is 8.43. The first-order chi connectivity index (χ1) is 17.4. The monoisotopic (exact) mass is 499 g/mol. The van der Waals surface area contributed by atoms with E-state index in [2.05, 4.69) is 15.3 Å². The van der Waals surface area contributed by atoms with E-state index in [1.807, 2.05) is 6.07 Å². The standard InChI is InChI=1S/C27H19ClFN5O2/c1-33(22-13-9-19(28)10-14-22)26(36)24-23(17-7-11-20(29)12-8-17)32-27-30-15-21(16-34(24)27)31-25(35)18-5-3-2-4-6-18/h2-16H,1H3,(H,31,35). The van der Waals surface area contributed by atoms with E-state index in [-0.39, 0.29) is 23.3 Å². The first-order valence-electron chi connectivity index (χ1n) is 10.9. The molecule has 0 radical (unpaired) electrons. The summed E-state index contributed by atoms with van der Waals surface area (Å²) in [5.74, 6) is -0.850. The van der Waals surface area contributed by atoms with Gasteiger partial charge in [0.2, 0.25) is 5.78 Å². The maximum absolute atomic E-state index is 13.8. The number of aromatic nitrogens is 3. The van der Waals surface area contributed by atoms with Gasteiger partial charge < -0.3 is 10.2 Å². The number of fused-ring (bicyclic) bond motifs is 1. The molecule has 2 heterocycles. The fourth-order valence-electron chi connectivity index (χ4n) is 3.75. The SMILES string of the molecule is CN(C(=O)c1c(-c2ccc(F)cc2)nc2ncc(NC(=O)c3ccccc3)cn12)c1ccc(Cl)cc1. The van der Waals surface area contributed by atoms with Crippen molar-refractivity contribution >= 4 is 40.6 Å². The Morgan fingerprint density at radius 3 is 2.36 bits per heavy atom. The van der Waals surface area contributed by atoms with Crippen molar-refractivity contribution in [2.45, 2.75) is 0 Å². The molecule has 0 spiro atoms.